The molecule has 0 aliphatic carbocycles. The number of ether oxygens (including phenoxy) is 3. The highest BCUT2D eigenvalue weighted by Crippen LogP contribution is 2.26. The van der Waals surface area contributed by atoms with Gasteiger partial charge in [-0.1, -0.05) is 11.8 Å². The number of carbonyl (C=O) groups is 1. The molecule has 5 rings (SSSR count). The molecule has 11 heteroatoms. The summed E-state index contributed by atoms with van der Waals surface area (Å²) in [6, 6.07) is 13.8. The van der Waals surface area contributed by atoms with Crippen LogP contribution >= 0.6 is 11.8 Å². The second-order valence-electron chi connectivity index (χ2n) is 9.06. The zero-order chi connectivity index (χ0) is 26.3. The summed E-state index contributed by atoms with van der Waals surface area (Å²) in [6.07, 6.45) is 0. The van der Waals surface area contributed by atoms with Crippen LogP contribution in [0.5, 0.6) is 5.75 Å². The van der Waals surface area contributed by atoms with Crippen molar-refractivity contribution < 1.29 is 23.4 Å². The van der Waals surface area contributed by atoms with Gasteiger partial charge in [-0.3, -0.25) is 4.79 Å². The van der Waals surface area contributed by atoms with Gasteiger partial charge in [0.1, 0.15) is 17.3 Å². The average molecular weight is 540 g/mol. The van der Waals surface area contributed by atoms with Crippen LogP contribution < -0.4 is 14.5 Å². The lowest BCUT2D eigenvalue weighted by Gasteiger charge is -2.37. The van der Waals surface area contributed by atoms with Crippen molar-refractivity contribution in [3.05, 3.63) is 59.7 Å². The number of methoxy groups -OCH3 is 2. The lowest BCUT2D eigenvalue weighted by Crippen LogP contribution is -2.46. The zero-order valence-electron chi connectivity index (χ0n) is 21.8. The SMILES string of the molecule is COCc1cc(N2CCN(c3ccc(OC)cc3)CC2)nc(SCc2ccc(C(=O)N3CCOCC3)o2)n1. The van der Waals surface area contributed by atoms with Gasteiger partial charge in [-0.25, -0.2) is 9.97 Å². The van der Waals surface area contributed by atoms with Crippen LogP contribution in [0.2, 0.25) is 0 Å². The van der Waals surface area contributed by atoms with Crippen LogP contribution in [0.4, 0.5) is 11.5 Å². The monoisotopic (exact) mass is 539 g/mol. The lowest BCUT2D eigenvalue weighted by atomic mass is 10.2. The largest absolute Gasteiger partial charge is 0.497 e. The van der Waals surface area contributed by atoms with Crippen LogP contribution in [-0.4, -0.2) is 87.5 Å². The fourth-order valence-electron chi connectivity index (χ4n) is 4.52. The number of aromatic nitrogens is 2. The van der Waals surface area contributed by atoms with E-state index in [1.165, 1.54) is 17.4 Å². The maximum absolute atomic E-state index is 12.7. The summed E-state index contributed by atoms with van der Waals surface area (Å²) in [4.78, 5) is 28.6. The Labute approximate surface area is 226 Å². The number of thioether (sulfide) groups is 1. The van der Waals surface area contributed by atoms with Crippen LogP contribution in [0.15, 0.2) is 52.0 Å². The molecule has 0 saturated carbocycles. The van der Waals surface area contributed by atoms with Crippen LogP contribution in [-0.2, 0) is 21.8 Å². The van der Waals surface area contributed by atoms with Crippen LogP contribution in [0.3, 0.4) is 0 Å². The highest BCUT2D eigenvalue weighted by molar-refractivity contribution is 7.98. The fourth-order valence-corrected chi connectivity index (χ4v) is 5.29. The molecule has 3 aromatic rings. The molecular weight excluding hydrogens is 506 g/mol. The van der Waals surface area contributed by atoms with Crippen molar-refractivity contribution in [2.24, 2.45) is 0 Å². The van der Waals surface area contributed by atoms with Gasteiger partial charge in [-0.15, -0.1) is 0 Å². The summed E-state index contributed by atoms with van der Waals surface area (Å²) < 4.78 is 21.8. The molecule has 2 aromatic heterocycles. The van der Waals surface area contributed by atoms with E-state index in [1.807, 2.05) is 24.3 Å². The molecule has 38 heavy (non-hydrogen) atoms. The van der Waals surface area contributed by atoms with Gasteiger partial charge in [0.2, 0.25) is 0 Å². The van der Waals surface area contributed by atoms with E-state index in [0.717, 1.165) is 43.4 Å². The second kappa shape index (κ2) is 12.5. The Morgan fingerprint density at radius 2 is 1.68 bits per heavy atom. The standard InChI is InChI=1S/C27H33N5O5S/c1-34-18-20-17-25(31-11-9-30(10-12-31)21-3-5-22(35-2)6-4-21)29-27(28-20)38-19-23-7-8-24(37-23)26(33)32-13-15-36-16-14-32/h3-8,17H,9-16,18-19H2,1-2H3. The predicted molar refractivity (Wildman–Crippen MR) is 145 cm³/mol. The zero-order valence-corrected chi connectivity index (χ0v) is 22.6. The van der Waals surface area contributed by atoms with Gasteiger partial charge in [-0.05, 0) is 36.4 Å². The number of piperazine rings is 1. The molecule has 2 saturated heterocycles. The van der Waals surface area contributed by atoms with E-state index in [1.54, 1.807) is 25.2 Å². The molecule has 0 unspecified atom stereocenters. The van der Waals surface area contributed by atoms with Crippen molar-refractivity contribution in [2.75, 3.05) is 76.5 Å². The molecule has 0 radical (unpaired) electrons. The van der Waals surface area contributed by atoms with E-state index >= 15 is 0 Å². The number of carbonyl (C=O) groups excluding carboxylic acids is 1. The van der Waals surface area contributed by atoms with E-state index in [2.05, 4.69) is 26.9 Å². The molecule has 0 bridgehead atoms. The van der Waals surface area contributed by atoms with Crippen molar-refractivity contribution in [1.29, 1.82) is 0 Å². The number of hydrogen-bond acceptors (Lipinski definition) is 10. The van der Waals surface area contributed by atoms with Gasteiger partial charge in [0.25, 0.3) is 5.91 Å². The third-order valence-corrected chi connectivity index (χ3v) is 7.46. The topological polar surface area (TPSA) is 93.4 Å². The number of amides is 1. The van der Waals surface area contributed by atoms with Gasteiger partial charge >= 0.3 is 0 Å². The Hall–Kier alpha value is -3.28. The number of morpholine rings is 1. The molecule has 2 fully saturated rings. The number of hydrogen-bond donors (Lipinski definition) is 0. The Morgan fingerprint density at radius 1 is 0.947 bits per heavy atom. The summed E-state index contributed by atoms with van der Waals surface area (Å²) >= 11 is 1.49. The number of furan rings is 1. The Morgan fingerprint density at radius 3 is 2.39 bits per heavy atom. The lowest BCUT2D eigenvalue weighted by molar-refractivity contribution is 0.0282. The van der Waals surface area contributed by atoms with Gasteiger partial charge in [0, 0.05) is 58.1 Å². The minimum atomic E-state index is -0.0982. The summed E-state index contributed by atoms with van der Waals surface area (Å²) in [5, 5.41) is 0.657. The van der Waals surface area contributed by atoms with E-state index in [-0.39, 0.29) is 5.91 Å². The highest BCUT2D eigenvalue weighted by atomic mass is 32.2. The maximum Gasteiger partial charge on any atom is 0.289 e. The quantitative estimate of drug-likeness (QED) is 0.298. The van der Waals surface area contributed by atoms with E-state index in [4.69, 9.17) is 23.6 Å². The van der Waals surface area contributed by atoms with Crippen molar-refractivity contribution in [1.82, 2.24) is 14.9 Å². The summed E-state index contributed by atoms with van der Waals surface area (Å²) in [6.45, 7) is 6.19. The van der Waals surface area contributed by atoms with E-state index in [9.17, 15) is 4.79 Å². The van der Waals surface area contributed by atoms with Crippen molar-refractivity contribution in [2.45, 2.75) is 17.5 Å². The first-order valence-corrected chi connectivity index (χ1v) is 13.7. The molecule has 4 heterocycles. The molecule has 10 nitrogen and oxygen atoms in total. The molecule has 0 spiro atoms. The van der Waals surface area contributed by atoms with Crippen molar-refractivity contribution in [3.8, 4) is 5.75 Å². The van der Waals surface area contributed by atoms with Gasteiger partial charge < -0.3 is 33.3 Å². The third-order valence-electron chi connectivity index (χ3n) is 6.59. The smallest absolute Gasteiger partial charge is 0.289 e. The van der Waals surface area contributed by atoms with Crippen LogP contribution in [0, 0.1) is 0 Å². The normalized spacial score (nSPS) is 16.1. The van der Waals surface area contributed by atoms with Crippen molar-refractivity contribution in [3.63, 3.8) is 0 Å². The predicted octanol–water partition coefficient (Wildman–Crippen LogP) is 3.32. The molecule has 1 amide bonds. The molecule has 1 aromatic carbocycles. The van der Waals surface area contributed by atoms with Gasteiger partial charge in [0.15, 0.2) is 10.9 Å². The third kappa shape index (κ3) is 6.40. The van der Waals surface area contributed by atoms with Gasteiger partial charge in [-0.2, -0.15) is 0 Å². The summed E-state index contributed by atoms with van der Waals surface area (Å²) in [5.41, 5.74) is 2.02. The van der Waals surface area contributed by atoms with Gasteiger partial charge in [0.05, 0.1) is 38.4 Å². The molecule has 0 N–H and O–H groups in total. The molecule has 0 atom stereocenters. The molecule has 202 valence electrons. The number of rotatable bonds is 9. The Kier molecular flexibility index (Phi) is 8.67. The second-order valence-corrected chi connectivity index (χ2v) is 10.0. The van der Waals surface area contributed by atoms with Crippen molar-refractivity contribution >= 4 is 29.2 Å². The number of benzene rings is 1. The van der Waals surface area contributed by atoms with E-state index < -0.39 is 0 Å². The average Bonchev–Trinajstić information content (AvgIpc) is 3.45. The van der Waals surface area contributed by atoms with Crippen LogP contribution in [0.25, 0.3) is 0 Å². The first-order chi connectivity index (χ1) is 18.6. The molecule has 2 aliphatic rings. The first-order valence-electron chi connectivity index (χ1n) is 12.7. The minimum Gasteiger partial charge on any atom is -0.497 e. The van der Waals surface area contributed by atoms with E-state index in [0.29, 0.717) is 55.3 Å². The van der Waals surface area contributed by atoms with Crippen LogP contribution in [0.1, 0.15) is 22.0 Å². The number of anilines is 2. The highest BCUT2D eigenvalue weighted by Gasteiger charge is 2.22. The fraction of sp³-hybridized carbons (Fsp3) is 0.444. The Bertz CT molecular complexity index is 1210. The number of nitrogens with zero attached hydrogens (tertiary/aromatic N) is 5. The minimum absolute atomic E-state index is 0.0982. The Balaban J connectivity index is 1.22. The molecular formula is C27H33N5O5S. The maximum atomic E-state index is 12.7. The summed E-state index contributed by atoms with van der Waals surface area (Å²) in [5.74, 6) is 3.25. The summed E-state index contributed by atoms with van der Waals surface area (Å²) in [7, 11) is 3.34. The first kappa shape index (κ1) is 26.3. The molecule has 2 aliphatic heterocycles.